The van der Waals surface area contributed by atoms with Crippen molar-refractivity contribution in [2.24, 2.45) is 0 Å². The fourth-order valence-corrected chi connectivity index (χ4v) is 1.52. The summed E-state index contributed by atoms with van der Waals surface area (Å²) in [5.74, 6) is 6.34. The van der Waals surface area contributed by atoms with Crippen molar-refractivity contribution in [2.75, 3.05) is 7.11 Å². The molecular weight excluding hydrogens is 176 g/mol. The van der Waals surface area contributed by atoms with E-state index in [0.29, 0.717) is 0 Å². The predicted octanol–water partition coefficient (Wildman–Crippen LogP) is 2.72. The van der Waals surface area contributed by atoms with Crippen molar-refractivity contribution in [1.29, 1.82) is 0 Å². The maximum absolute atomic E-state index is 5.62. The van der Waals surface area contributed by atoms with E-state index in [1.807, 2.05) is 0 Å². The van der Waals surface area contributed by atoms with Gasteiger partial charge in [-0.1, -0.05) is 19.3 Å². The summed E-state index contributed by atoms with van der Waals surface area (Å²) in [6.07, 6.45) is 6.68. The van der Waals surface area contributed by atoms with E-state index in [0.717, 1.165) is 25.7 Å². The van der Waals surface area contributed by atoms with Gasteiger partial charge in [-0.25, -0.2) is 0 Å². The van der Waals surface area contributed by atoms with Gasteiger partial charge in [-0.2, -0.15) is 0 Å². The van der Waals surface area contributed by atoms with Gasteiger partial charge in [-0.05, 0) is 25.7 Å². The Morgan fingerprint density at radius 2 is 2.29 bits per heavy atom. The molecule has 0 aliphatic carbocycles. The normalized spacial score (nSPS) is 26.7. The van der Waals surface area contributed by atoms with Crippen LogP contribution in [0.3, 0.4) is 0 Å². The van der Waals surface area contributed by atoms with Crippen LogP contribution in [-0.2, 0) is 9.47 Å². The lowest BCUT2D eigenvalue weighted by Gasteiger charge is -2.25. The number of methoxy groups -OCH3 is 1. The number of hydrogen-bond acceptors (Lipinski definition) is 2. The van der Waals surface area contributed by atoms with Crippen LogP contribution in [0.1, 0.15) is 45.4 Å². The van der Waals surface area contributed by atoms with Gasteiger partial charge < -0.3 is 9.47 Å². The predicted molar refractivity (Wildman–Crippen MR) is 56.8 cm³/mol. The first-order chi connectivity index (χ1) is 6.86. The minimum atomic E-state index is -0.0331. The van der Waals surface area contributed by atoms with Gasteiger partial charge in [-0.15, -0.1) is 5.92 Å². The van der Waals surface area contributed by atoms with Crippen LogP contribution in [0.4, 0.5) is 0 Å². The Bertz CT molecular complexity index is 202. The Kier molecular flexibility index (Phi) is 5.66. The summed E-state index contributed by atoms with van der Waals surface area (Å²) in [5, 5.41) is 0. The molecule has 0 aromatic heterocycles. The average molecular weight is 196 g/mol. The molecule has 14 heavy (non-hydrogen) atoms. The third kappa shape index (κ3) is 4.13. The highest BCUT2D eigenvalue weighted by Gasteiger charge is 2.19. The van der Waals surface area contributed by atoms with Crippen molar-refractivity contribution >= 4 is 0 Å². The highest BCUT2D eigenvalue weighted by molar-refractivity contribution is 5.05. The lowest BCUT2D eigenvalue weighted by molar-refractivity contribution is -0.164. The number of ether oxygens (including phenoxy) is 2. The van der Waals surface area contributed by atoms with Crippen LogP contribution in [0.15, 0.2) is 0 Å². The molecule has 0 spiro atoms. The molecule has 1 heterocycles. The van der Waals surface area contributed by atoms with E-state index >= 15 is 0 Å². The molecule has 1 aliphatic heterocycles. The first kappa shape index (κ1) is 11.6. The molecule has 0 bridgehead atoms. The molecular formula is C12H20O2. The molecule has 1 rings (SSSR count). The SMILES string of the molecule is CCCCC#CC1CCCC(OC)O1. The van der Waals surface area contributed by atoms with Gasteiger partial charge in [0.15, 0.2) is 6.29 Å². The van der Waals surface area contributed by atoms with E-state index in [4.69, 9.17) is 9.47 Å². The first-order valence-electron chi connectivity index (χ1n) is 5.53. The van der Waals surface area contributed by atoms with Crippen molar-refractivity contribution in [1.82, 2.24) is 0 Å². The molecule has 2 heteroatoms. The summed E-state index contributed by atoms with van der Waals surface area (Å²) >= 11 is 0. The summed E-state index contributed by atoms with van der Waals surface area (Å²) in [7, 11) is 1.69. The molecule has 2 unspecified atom stereocenters. The van der Waals surface area contributed by atoms with Crippen molar-refractivity contribution < 1.29 is 9.47 Å². The van der Waals surface area contributed by atoms with Crippen LogP contribution in [0.5, 0.6) is 0 Å². The minimum absolute atomic E-state index is 0.0331. The standard InChI is InChI=1S/C12H20O2/c1-3-4-5-6-8-11-9-7-10-12(13-2)14-11/h11-12H,3-5,7,9-10H2,1-2H3. The zero-order valence-corrected chi connectivity index (χ0v) is 9.21. The molecule has 0 N–H and O–H groups in total. The molecule has 2 atom stereocenters. The van der Waals surface area contributed by atoms with Gasteiger partial charge >= 0.3 is 0 Å². The van der Waals surface area contributed by atoms with Crippen LogP contribution < -0.4 is 0 Å². The highest BCUT2D eigenvalue weighted by Crippen LogP contribution is 2.18. The monoisotopic (exact) mass is 196 g/mol. The molecule has 1 fully saturated rings. The fraction of sp³-hybridized carbons (Fsp3) is 0.833. The van der Waals surface area contributed by atoms with E-state index in [-0.39, 0.29) is 12.4 Å². The van der Waals surface area contributed by atoms with Gasteiger partial charge in [-0.3, -0.25) is 0 Å². The quantitative estimate of drug-likeness (QED) is 0.510. The highest BCUT2D eigenvalue weighted by atomic mass is 16.7. The minimum Gasteiger partial charge on any atom is -0.356 e. The van der Waals surface area contributed by atoms with E-state index in [1.54, 1.807) is 7.11 Å². The van der Waals surface area contributed by atoms with Gasteiger partial charge in [0.05, 0.1) is 0 Å². The summed E-state index contributed by atoms with van der Waals surface area (Å²) in [6, 6.07) is 0. The summed E-state index contributed by atoms with van der Waals surface area (Å²) < 4.78 is 10.8. The fourth-order valence-electron chi connectivity index (χ4n) is 1.52. The molecule has 0 aromatic rings. The third-order valence-electron chi connectivity index (χ3n) is 2.40. The van der Waals surface area contributed by atoms with Gasteiger partial charge in [0.1, 0.15) is 6.10 Å². The molecule has 2 nitrogen and oxygen atoms in total. The zero-order chi connectivity index (χ0) is 10.2. The average Bonchev–Trinajstić information content (AvgIpc) is 2.25. The van der Waals surface area contributed by atoms with E-state index in [1.165, 1.54) is 12.8 Å². The smallest absolute Gasteiger partial charge is 0.158 e. The summed E-state index contributed by atoms with van der Waals surface area (Å²) in [4.78, 5) is 0. The Morgan fingerprint density at radius 1 is 1.43 bits per heavy atom. The Hall–Kier alpha value is -0.520. The van der Waals surface area contributed by atoms with Crippen molar-refractivity contribution in [3.8, 4) is 11.8 Å². The van der Waals surface area contributed by atoms with Gasteiger partial charge in [0, 0.05) is 13.5 Å². The largest absolute Gasteiger partial charge is 0.356 e. The lowest BCUT2D eigenvalue weighted by atomic mass is 10.1. The van der Waals surface area contributed by atoms with Crippen molar-refractivity contribution in [3.63, 3.8) is 0 Å². The van der Waals surface area contributed by atoms with Crippen molar-refractivity contribution in [3.05, 3.63) is 0 Å². The van der Waals surface area contributed by atoms with Crippen LogP contribution in [0.25, 0.3) is 0 Å². The number of unbranched alkanes of at least 4 members (excludes halogenated alkanes) is 2. The molecule has 80 valence electrons. The Balaban J connectivity index is 2.24. The molecule has 0 radical (unpaired) electrons. The number of rotatable bonds is 3. The topological polar surface area (TPSA) is 18.5 Å². The Labute approximate surface area is 87.0 Å². The van der Waals surface area contributed by atoms with E-state index in [2.05, 4.69) is 18.8 Å². The second-order valence-electron chi connectivity index (χ2n) is 3.65. The second-order valence-corrected chi connectivity index (χ2v) is 3.65. The van der Waals surface area contributed by atoms with E-state index in [9.17, 15) is 0 Å². The summed E-state index contributed by atoms with van der Waals surface area (Å²) in [5.41, 5.74) is 0. The maximum atomic E-state index is 5.62. The number of hydrogen-bond donors (Lipinski definition) is 0. The van der Waals surface area contributed by atoms with Gasteiger partial charge in [0.25, 0.3) is 0 Å². The van der Waals surface area contributed by atoms with E-state index < -0.39 is 0 Å². The van der Waals surface area contributed by atoms with Gasteiger partial charge in [0.2, 0.25) is 0 Å². The molecule has 1 aliphatic rings. The first-order valence-corrected chi connectivity index (χ1v) is 5.53. The Morgan fingerprint density at radius 3 is 3.00 bits per heavy atom. The van der Waals surface area contributed by atoms with Crippen LogP contribution in [0, 0.1) is 11.8 Å². The molecule has 0 amide bonds. The van der Waals surface area contributed by atoms with Crippen LogP contribution in [0.2, 0.25) is 0 Å². The zero-order valence-electron chi connectivity index (χ0n) is 9.21. The molecule has 0 saturated carbocycles. The van der Waals surface area contributed by atoms with Crippen molar-refractivity contribution in [2.45, 2.75) is 57.8 Å². The molecule has 0 aromatic carbocycles. The third-order valence-corrected chi connectivity index (χ3v) is 2.40. The molecule has 1 saturated heterocycles. The van der Waals surface area contributed by atoms with Crippen LogP contribution >= 0.6 is 0 Å². The summed E-state index contributed by atoms with van der Waals surface area (Å²) in [6.45, 7) is 2.18. The maximum Gasteiger partial charge on any atom is 0.158 e. The van der Waals surface area contributed by atoms with Crippen LogP contribution in [-0.4, -0.2) is 19.5 Å². The lowest BCUT2D eigenvalue weighted by Crippen LogP contribution is -2.27. The second kappa shape index (κ2) is 6.86.